The Balaban J connectivity index is 1.86. The van der Waals surface area contributed by atoms with Gasteiger partial charge in [-0.05, 0) is 65.9 Å². The average Bonchev–Trinajstić information content (AvgIpc) is 2.48. The summed E-state index contributed by atoms with van der Waals surface area (Å²) in [7, 11) is 0. The van der Waals surface area contributed by atoms with Gasteiger partial charge < -0.3 is 15.4 Å². The molecule has 0 bridgehead atoms. The van der Waals surface area contributed by atoms with Crippen molar-refractivity contribution in [1.29, 1.82) is 0 Å². The maximum Gasteiger partial charge on any atom is 0.243 e. The summed E-state index contributed by atoms with van der Waals surface area (Å²) in [5.74, 6) is 0.707. The normalized spacial score (nSPS) is 10.0. The van der Waals surface area contributed by atoms with Crippen LogP contribution in [0.5, 0.6) is 5.75 Å². The molecular weight excluding hydrogens is 379 g/mol. The molecule has 110 valence electrons. The number of hydrogen-bond donors (Lipinski definition) is 2. The first-order valence-electron chi connectivity index (χ1n) is 6.69. The molecule has 2 N–H and O–H groups in total. The van der Waals surface area contributed by atoms with Gasteiger partial charge in [0, 0.05) is 21.0 Å². The van der Waals surface area contributed by atoms with Crippen LogP contribution in [0.4, 0.5) is 11.4 Å². The fourth-order valence-electron chi connectivity index (χ4n) is 1.78. The molecule has 2 rings (SSSR count). The topological polar surface area (TPSA) is 50.4 Å². The highest BCUT2D eigenvalue weighted by Crippen LogP contribution is 2.17. The van der Waals surface area contributed by atoms with Crippen molar-refractivity contribution >= 4 is 39.9 Å². The first-order chi connectivity index (χ1) is 10.2. The molecule has 2 aromatic rings. The predicted octanol–water partition coefficient (Wildman–Crippen LogP) is 3.74. The van der Waals surface area contributed by atoms with Gasteiger partial charge in [-0.1, -0.05) is 6.07 Å². The van der Waals surface area contributed by atoms with Crippen LogP contribution in [0.1, 0.15) is 6.92 Å². The molecule has 2 aromatic carbocycles. The molecule has 0 aromatic heterocycles. The predicted molar refractivity (Wildman–Crippen MR) is 93.9 cm³/mol. The molecule has 0 radical (unpaired) electrons. The molecule has 0 heterocycles. The number of amides is 1. The highest BCUT2D eigenvalue weighted by Gasteiger charge is 2.03. The van der Waals surface area contributed by atoms with Crippen LogP contribution >= 0.6 is 22.6 Å². The van der Waals surface area contributed by atoms with Crippen LogP contribution in [0.15, 0.2) is 48.5 Å². The minimum atomic E-state index is -0.0852. The van der Waals surface area contributed by atoms with E-state index in [1.807, 2.05) is 55.5 Å². The molecule has 0 spiro atoms. The van der Waals surface area contributed by atoms with Crippen LogP contribution in [0.3, 0.4) is 0 Å². The second-order valence-corrected chi connectivity index (χ2v) is 5.62. The molecule has 0 atom stereocenters. The van der Waals surface area contributed by atoms with Crippen molar-refractivity contribution in [2.24, 2.45) is 0 Å². The molecule has 0 saturated heterocycles. The maximum atomic E-state index is 11.9. The van der Waals surface area contributed by atoms with Gasteiger partial charge >= 0.3 is 0 Å². The molecular formula is C16H17IN2O2. The summed E-state index contributed by atoms with van der Waals surface area (Å²) >= 11 is 2.23. The maximum absolute atomic E-state index is 11.9. The second kappa shape index (κ2) is 7.87. The first-order valence-corrected chi connectivity index (χ1v) is 7.77. The van der Waals surface area contributed by atoms with E-state index in [9.17, 15) is 4.79 Å². The number of anilines is 2. The summed E-state index contributed by atoms with van der Waals surface area (Å²) in [4.78, 5) is 11.9. The molecule has 0 saturated carbocycles. The van der Waals surface area contributed by atoms with Crippen molar-refractivity contribution in [3.63, 3.8) is 0 Å². The summed E-state index contributed by atoms with van der Waals surface area (Å²) in [6, 6.07) is 15.2. The summed E-state index contributed by atoms with van der Waals surface area (Å²) in [6.45, 7) is 2.77. The van der Waals surface area contributed by atoms with Crippen molar-refractivity contribution in [3.8, 4) is 5.75 Å². The fraction of sp³-hybridized carbons (Fsp3) is 0.188. The highest BCUT2D eigenvalue weighted by atomic mass is 127. The number of nitrogens with one attached hydrogen (secondary N) is 2. The monoisotopic (exact) mass is 396 g/mol. The van der Waals surface area contributed by atoms with Crippen molar-refractivity contribution in [3.05, 3.63) is 52.1 Å². The second-order valence-electron chi connectivity index (χ2n) is 4.37. The Kier molecular flexibility index (Phi) is 5.86. The number of halogens is 1. The van der Waals surface area contributed by atoms with Crippen LogP contribution in [0.2, 0.25) is 0 Å². The van der Waals surface area contributed by atoms with E-state index >= 15 is 0 Å². The lowest BCUT2D eigenvalue weighted by Gasteiger charge is -2.09. The van der Waals surface area contributed by atoms with Crippen molar-refractivity contribution in [2.75, 3.05) is 23.8 Å². The third-order valence-corrected chi connectivity index (χ3v) is 3.45. The van der Waals surface area contributed by atoms with Gasteiger partial charge in [0.2, 0.25) is 5.91 Å². The third-order valence-electron chi connectivity index (χ3n) is 2.73. The number of rotatable bonds is 6. The van der Waals surface area contributed by atoms with E-state index < -0.39 is 0 Å². The van der Waals surface area contributed by atoms with Crippen LogP contribution in [0.25, 0.3) is 0 Å². The molecule has 5 heteroatoms. The molecule has 0 unspecified atom stereocenters. The standard InChI is InChI=1S/C16H17IN2O2/c1-2-21-15-5-3-4-14(10-15)18-11-16(20)19-13-8-6-12(17)7-9-13/h3-10,18H,2,11H2,1H3,(H,19,20). The summed E-state index contributed by atoms with van der Waals surface area (Å²) in [6.07, 6.45) is 0. The molecule has 4 nitrogen and oxygen atoms in total. The molecule has 21 heavy (non-hydrogen) atoms. The van der Waals surface area contributed by atoms with Crippen LogP contribution < -0.4 is 15.4 Å². The number of ether oxygens (including phenoxy) is 1. The first kappa shape index (κ1) is 15.6. The lowest BCUT2D eigenvalue weighted by Crippen LogP contribution is -2.21. The smallest absolute Gasteiger partial charge is 0.243 e. The minimum Gasteiger partial charge on any atom is -0.494 e. The lowest BCUT2D eigenvalue weighted by atomic mass is 10.3. The van der Waals surface area contributed by atoms with Crippen LogP contribution in [-0.4, -0.2) is 19.1 Å². The minimum absolute atomic E-state index is 0.0852. The van der Waals surface area contributed by atoms with Crippen LogP contribution in [0, 0.1) is 3.57 Å². The molecule has 0 fully saturated rings. The average molecular weight is 396 g/mol. The number of hydrogen-bond acceptors (Lipinski definition) is 3. The van der Waals surface area contributed by atoms with E-state index in [1.165, 1.54) is 0 Å². The Bertz CT molecular complexity index is 599. The molecule has 0 aliphatic carbocycles. The Morgan fingerprint density at radius 1 is 1.14 bits per heavy atom. The molecule has 1 amide bonds. The number of benzene rings is 2. The fourth-order valence-corrected chi connectivity index (χ4v) is 2.14. The van der Waals surface area contributed by atoms with Gasteiger partial charge in [-0.25, -0.2) is 0 Å². The van der Waals surface area contributed by atoms with Crippen LogP contribution in [-0.2, 0) is 4.79 Å². The zero-order valence-electron chi connectivity index (χ0n) is 11.7. The van der Waals surface area contributed by atoms with Gasteiger partial charge in [0.25, 0.3) is 0 Å². The van der Waals surface area contributed by atoms with Crippen molar-refractivity contribution in [2.45, 2.75) is 6.92 Å². The highest BCUT2D eigenvalue weighted by molar-refractivity contribution is 14.1. The molecule has 0 aliphatic heterocycles. The largest absolute Gasteiger partial charge is 0.494 e. The molecule has 0 aliphatic rings. The SMILES string of the molecule is CCOc1cccc(NCC(=O)Nc2ccc(I)cc2)c1. The Hall–Kier alpha value is -1.76. The zero-order valence-corrected chi connectivity index (χ0v) is 13.9. The summed E-state index contributed by atoms with van der Waals surface area (Å²) < 4.78 is 6.55. The van der Waals surface area contributed by atoms with E-state index in [0.717, 1.165) is 20.7 Å². The van der Waals surface area contributed by atoms with E-state index in [2.05, 4.69) is 33.2 Å². The van der Waals surface area contributed by atoms with Crippen molar-refractivity contribution in [1.82, 2.24) is 0 Å². The van der Waals surface area contributed by atoms with E-state index in [1.54, 1.807) is 0 Å². The van der Waals surface area contributed by atoms with E-state index in [0.29, 0.717) is 6.61 Å². The third kappa shape index (κ3) is 5.26. The Morgan fingerprint density at radius 2 is 1.90 bits per heavy atom. The van der Waals surface area contributed by atoms with Gasteiger partial charge in [0.15, 0.2) is 0 Å². The van der Waals surface area contributed by atoms with Gasteiger partial charge in [0.05, 0.1) is 13.2 Å². The van der Waals surface area contributed by atoms with Gasteiger partial charge in [0.1, 0.15) is 5.75 Å². The van der Waals surface area contributed by atoms with Gasteiger partial charge in [-0.15, -0.1) is 0 Å². The van der Waals surface area contributed by atoms with E-state index in [4.69, 9.17) is 4.74 Å². The van der Waals surface area contributed by atoms with Gasteiger partial charge in [-0.3, -0.25) is 4.79 Å². The zero-order chi connectivity index (χ0) is 15.1. The number of carbonyl (C=O) groups excluding carboxylic acids is 1. The van der Waals surface area contributed by atoms with Crippen molar-refractivity contribution < 1.29 is 9.53 Å². The van der Waals surface area contributed by atoms with E-state index in [-0.39, 0.29) is 12.5 Å². The van der Waals surface area contributed by atoms with Gasteiger partial charge in [-0.2, -0.15) is 0 Å². The number of carbonyl (C=O) groups is 1. The quantitative estimate of drug-likeness (QED) is 0.732. The Morgan fingerprint density at radius 3 is 2.62 bits per heavy atom. The lowest BCUT2D eigenvalue weighted by molar-refractivity contribution is -0.114. The Labute approximate surface area is 138 Å². The summed E-state index contributed by atoms with van der Waals surface area (Å²) in [5.41, 5.74) is 1.66. The summed E-state index contributed by atoms with van der Waals surface area (Å²) in [5, 5.41) is 5.92.